The molecule has 7 nitrogen and oxygen atoms in total. The van der Waals surface area contributed by atoms with Crippen LogP contribution in [0.2, 0.25) is 0 Å². The Morgan fingerprint density at radius 1 is 1.02 bits per heavy atom. The van der Waals surface area contributed by atoms with Crippen molar-refractivity contribution in [3.63, 3.8) is 0 Å². The van der Waals surface area contributed by atoms with Crippen LogP contribution in [0.3, 0.4) is 0 Å². The summed E-state index contributed by atoms with van der Waals surface area (Å²) in [5, 5.41) is 14.8. The number of halogens is 2. The average Bonchev–Trinajstić information content (AvgIpc) is 3.43. The first-order valence-electron chi connectivity index (χ1n) is 13.6. The maximum atomic E-state index is 14.1. The number of aliphatic hydroxyl groups excluding tert-OH is 1. The summed E-state index contributed by atoms with van der Waals surface area (Å²) in [5.74, 6) is -2.09. The molecule has 3 atom stereocenters. The molecule has 0 saturated carbocycles. The molecule has 4 N–H and O–H groups in total. The van der Waals surface area contributed by atoms with Gasteiger partial charge in [-0.15, -0.1) is 0 Å². The van der Waals surface area contributed by atoms with Crippen LogP contribution in [-0.2, 0) is 24.2 Å². The van der Waals surface area contributed by atoms with Crippen molar-refractivity contribution in [1.82, 2.24) is 10.2 Å². The number of likely N-dealkylation sites (tertiary alicyclic amines) is 1. The van der Waals surface area contributed by atoms with Gasteiger partial charge in [0.15, 0.2) is 0 Å². The summed E-state index contributed by atoms with van der Waals surface area (Å²) >= 11 is 0. The van der Waals surface area contributed by atoms with Gasteiger partial charge >= 0.3 is 6.03 Å². The second kappa shape index (κ2) is 13.5. The summed E-state index contributed by atoms with van der Waals surface area (Å²) < 4.78 is 28.3. The van der Waals surface area contributed by atoms with Crippen LogP contribution < -0.4 is 16.0 Å². The zero-order valence-corrected chi connectivity index (χ0v) is 22.6. The molecule has 0 aliphatic carbocycles. The lowest BCUT2D eigenvalue weighted by atomic mass is 9.98. The molecule has 0 bridgehead atoms. The Morgan fingerprint density at radius 2 is 1.73 bits per heavy atom. The van der Waals surface area contributed by atoms with Crippen LogP contribution >= 0.6 is 0 Å². The van der Waals surface area contributed by atoms with Crippen molar-refractivity contribution < 1.29 is 23.5 Å². The number of para-hydroxylation sites is 1. The molecule has 40 heavy (non-hydrogen) atoms. The third-order valence-corrected chi connectivity index (χ3v) is 7.29. The number of aliphatic hydroxyl groups is 1. The molecule has 3 amide bonds. The molecule has 3 aromatic carbocycles. The number of hydrogen-bond donors (Lipinski definition) is 3. The Kier molecular flexibility index (Phi) is 9.84. The number of primary amides is 1. The number of carbonyl (C=O) groups excluding carboxylic acids is 2. The molecule has 212 valence electrons. The molecule has 4 rings (SSSR count). The van der Waals surface area contributed by atoms with Crippen molar-refractivity contribution in [1.29, 1.82) is 0 Å². The SMILES string of the molecule is CCc1cccc(CNC[C@@H](O)[C@H](Cc2cc(F)cc(F)c2)N(C(=O)N2CCCC2C(N)=O)c2ccccc2)c1. The fraction of sp³-hybridized carbons (Fsp3) is 0.355. The molecule has 1 saturated heterocycles. The summed E-state index contributed by atoms with van der Waals surface area (Å²) in [6.45, 7) is 3.00. The molecule has 0 aromatic heterocycles. The number of carbonyl (C=O) groups is 2. The molecule has 1 aliphatic heterocycles. The van der Waals surface area contributed by atoms with E-state index in [1.165, 1.54) is 27.5 Å². The number of benzene rings is 3. The molecule has 1 unspecified atom stereocenters. The Balaban J connectivity index is 1.66. The zero-order chi connectivity index (χ0) is 28.6. The number of aryl methyl sites for hydroxylation is 1. The summed E-state index contributed by atoms with van der Waals surface area (Å²) in [6.07, 6.45) is 0.810. The highest BCUT2D eigenvalue weighted by Crippen LogP contribution is 2.27. The van der Waals surface area contributed by atoms with E-state index in [1.807, 2.05) is 18.2 Å². The van der Waals surface area contributed by atoms with Crippen molar-refractivity contribution >= 4 is 17.6 Å². The van der Waals surface area contributed by atoms with Crippen LogP contribution in [-0.4, -0.2) is 53.2 Å². The Morgan fingerprint density at radius 3 is 2.40 bits per heavy atom. The van der Waals surface area contributed by atoms with Gasteiger partial charge in [-0.1, -0.05) is 49.4 Å². The number of urea groups is 1. The van der Waals surface area contributed by atoms with Crippen LogP contribution in [0, 0.1) is 11.6 Å². The number of rotatable bonds is 11. The fourth-order valence-corrected chi connectivity index (χ4v) is 5.29. The molecule has 1 fully saturated rings. The molecular weight excluding hydrogens is 514 g/mol. The molecule has 0 spiro atoms. The van der Waals surface area contributed by atoms with Gasteiger partial charge in [0.25, 0.3) is 0 Å². The monoisotopic (exact) mass is 550 g/mol. The van der Waals surface area contributed by atoms with Crippen molar-refractivity contribution in [2.75, 3.05) is 18.0 Å². The molecule has 0 radical (unpaired) electrons. The highest BCUT2D eigenvalue weighted by atomic mass is 19.1. The third kappa shape index (κ3) is 7.22. The maximum absolute atomic E-state index is 14.1. The minimum Gasteiger partial charge on any atom is -0.390 e. The highest BCUT2D eigenvalue weighted by Gasteiger charge is 2.40. The van der Waals surface area contributed by atoms with Crippen LogP contribution in [0.25, 0.3) is 0 Å². The fourth-order valence-electron chi connectivity index (χ4n) is 5.29. The number of nitrogens with two attached hydrogens (primary N) is 1. The van der Waals surface area contributed by atoms with E-state index in [9.17, 15) is 23.5 Å². The molecule has 1 heterocycles. The number of anilines is 1. The van der Waals surface area contributed by atoms with Gasteiger partial charge < -0.3 is 21.1 Å². The van der Waals surface area contributed by atoms with Crippen LogP contribution in [0.1, 0.15) is 36.5 Å². The first kappa shape index (κ1) is 29.2. The highest BCUT2D eigenvalue weighted by molar-refractivity contribution is 5.96. The van der Waals surface area contributed by atoms with E-state index in [0.29, 0.717) is 37.2 Å². The van der Waals surface area contributed by atoms with E-state index in [4.69, 9.17) is 5.73 Å². The van der Waals surface area contributed by atoms with E-state index in [2.05, 4.69) is 18.3 Å². The number of hydrogen-bond acceptors (Lipinski definition) is 4. The van der Waals surface area contributed by atoms with Crippen LogP contribution in [0.5, 0.6) is 0 Å². The smallest absolute Gasteiger partial charge is 0.325 e. The summed E-state index contributed by atoms with van der Waals surface area (Å²) in [4.78, 5) is 29.0. The zero-order valence-electron chi connectivity index (χ0n) is 22.6. The first-order valence-corrected chi connectivity index (χ1v) is 13.6. The van der Waals surface area contributed by atoms with Crippen LogP contribution in [0.4, 0.5) is 19.3 Å². The lowest BCUT2D eigenvalue weighted by Crippen LogP contribution is -2.57. The average molecular weight is 551 g/mol. The van der Waals surface area contributed by atoms with E-state index < -0.39 is 41.8 Å². The van der Waals surface area contributed by atoms with Crippen molar-refractivity contribution in [2.24, 2.45) is 5.73 Å². The summed E-state index contributed by atoms with van der Waals surface area (Å²) in [5.41, 5.74) is 8.63. The third-order valence-electron chi connectivity index (χ3n) is 7.29. The Bertz CT molecular complexity index is 1290. The number of nitrogens with zero attached hydrogens (tertiary/aromatic N) is 2. The minimum atomic E-state index is -1.13. The predicted octanol–water partition coefficient (Wildman–Crippen LogP) is 4.17. The largest absolute Gasteiger partial charge is 0.390 e. The second-order valence-corrected chi connectivity index (χ2v) is 10.2. The van der Waals surface area contributed by atoms with Gasteiger partial charge in [-0.3, -0.25) is 9.69 Å². The van der Waals surface area contributed by atoms with Gasteiger partial charge in [0.2, 0.25) is 5.91 Å². The van der Waals surface area contributed by atoms with E-state index in [1.54, 1.807) is 30.3 Å². The Labute approximate surface area is 233 Å². The number of nitrogens with one attached hydrogen (secondary N) is 1. The standard InChI is InChI=1S/C31H36F2N4O3/c1-2-21-8-6-9-22(14-21)19-35-20-29(38)28(17-23-15-24(32)18-25(33)16-23)37(26-10-4-3-5-11-26)31(40)36-13-7-12-27(36)30(34)39/h3-6,8-11,14-16,18,27-29,35,38H,2,7,12-13,17,19-20H2,1H3,(H2,34,39)/t27?,28-,29+/m0/s1. The normalized spacial score (nSPS) is 16.5. The van der Waals surface area contributed by atoms with E-state index in [0.717, 1.165) is 18.1 Å². The van der Waals surface area contributed by atoms with E-state index in [-0.39, 0.29) is 13.0 Å². The lowest BCUT2D eigenvalue weighted by molar-refractivity contribution is -0.121. The van der Waals surface area contributed by atoms with Gasteiger partial charge in [-0.2, -0.15) is 0 Å². The van der Waals surface area contributed by atoms with Crippen LogP contribution in [0.15, 0.2) is 72.8 Å². The number of amides is 3. The first-order chi connectivity index (χ1) is 19.3. The van der Waals surface area contributed by atoms with Gasteiger partial charge in [-0.25, -0.2) is 13.6 Å². The van der Waals surface area contributed by atoms with Crippen molar-refractivity contribution in [3.05, 3.63) is 101 Å². The second-order valence-electron chi connectivity index (χ2n) is 10.2. The summed E-state index contributed by atoms with van der Waals surface area (Å²) in [6, 6.07) is 17.9. The topological polar surface area (TPSA) is 98.9 Å². The lowest BCUT2D eigenvalue weighted by Gasteiger charge is -2.38. The minimum absolute atomic E-state index is 0.0292. The van der Waals surface area contributed by atoms with Gasteiger partial charge in [-0.05, 0) is 66.6 Å². The predicted molar refractivity (Wildman–Crippen MR) is 151 cm³/mol. The molecular formula is C31H36F2N4O3. The van der Waals surface area contributed by atoms with Crippen molar-refractivity contribution in [2.45, 2.75) is 57.3 Å². The van der Waals surface area contributed by atoms with Crippen molar-refractivity contribution in [3.8, 4) is 0 Å². The van der Waals surface area contributed by atoms with Gasteiger partial charge in [0.05, 0.1) is 12.1 Å². The molecule has 9 heteroatoms. The molecule has 1 aliphatic rings. The summed E-state index contributed by atoms with van der Waals surface area (Å²) in [7, 11) is 0. The molecule has 3 aromatic rings. The quantitative estimate of drug-likeness (QED) is 0.334. The Hall–Kier alpha value is -3.82. The van der Waals surface area contributed by atoms with Gasteiger partial charge in [0, 0.05) is 31.4 Å². The van der Waals surface area contributed by atoms with E-state index >= 15 is 0 Å². The maximum Gasteiger partial charge on any atom is 0.325 e. The van der Waals surface area contributed by atoms with Gasteiger partial charge in [0.1, 0.15) is 17.7 Å².